The lowest BCUT2D eigenvalue weighted by molar-refractivity contribution is -0.108. The Bertz CT molecular complexity index is 386. The van der Waals surface area contributed by atoms with Crippen molar-refractivity contribution in [3.8, 4) is 0 Å². The Labute approximate surface area is 97.3 Å². The van der Waals surface area contributed by atoms with Gasteiger partial charge in [-0.05, 0) is 29.9 Å². The van der Waals surface area contributed by atoms with Gasteiger partial charge in [0.05, 0.1) is 0 Å². The molecule has 0 saturated carbocycles. The van der Waals surface area contributed by atoms with Crippen molar-refractivity contribution < 1.29 is 4.79 Å². The lowest BCUT2D eigenvalue weighted by Gasteiger charge is -2.31. The molecular formula is C14H19NO. The van der Waals surface area contributed by atoms with Gasteiger partial charge in [0.1, 0.15) is 6.29 Å². The molecule has 1 heterocycles. The molecular weight excluding hydrogens is 198 g/mol. The van der Waals surface area contributed by atoms with E-state index in [0.717, 1.165) is 12.8 Å². The topological polar surface area (TPSA) is 20.3 Å². The van der Waals surface area contributed by atoms with Gasteiger partial charge in [-0.15, -0.1) is 0 Å². The van der Waals surface area contributed by atoms with Crippen LogP contribution >= 0.6 is 0 Å². The van der Waals surface area contributed by atoms with Crippen molar-refractivity contribution in [2.24, 2.45) is 0 Å². The van der Waals surface area contributed by atoms with Gasteiger partial charge in [-0.2, -0.15) is 0 Å². The molecule has 1 aliphatic rings. The lowest BCUT2D eigenvalue weighted by Crippen LogP contribution is -2.26. The Hall–Kier alpha value is -1.31. The lowest BCUT2D eigenvalue weighted by atomic mass is 9.90. The van der Waals surface area contributed by atoms with Gasteiger partial charge in [0, 0.05) is 25.7 Å². The molecule has 0 bridgehead atoms. The minimum absolute atomic E-state index is 0.327. The summed E-state index contributed by atoms with van der Waals surface area (Å²) >= 11 is 0. The molecule has 2 heteroatoms. The molecule has 16 heavy (non-hydrogen) atoms. The van der Waals surface area contributed by atoms with E-state index >= 15 is 0 Å². The van der Waals surface area contributed by atoms with Crippen molar-refractivity contribution in [3.05, 3.63) is 29.3 Å². The fourth-order valence-electron chi connectivity index (χ4n) is 2.57. The van der Waals surface area contributed by atoms with Gasteiger partial charge < -0.3 is 9.69 Å². The number of aryl methyl sites for hydroxylation is 1. The Morgan fingerprint density at radius 1 is 1.50 bits per heavy atom. The third kappa shape index (κ3) is 1.97. The first-order valence-corrected chi connectivity index (χ1v) is 6.00. The maximum absolute atomic E-state index is 10.6. The zero-order valence-corrected chi connectivity index (χ0v) is 10.1. The number of aldehydes is 1. The van der Waals surface area contributed by atoms with E-state index < -0.39 is 0 Å². The number of hydrogen-bond donors (Lipinski definition) is 0. The normalized spacial score (nSPS) is 16.8. The fourth-order valence-corrected chi connectivity index (χ4v) is 2.57. The van der Waals surface area contributed by atoms with Crippen LogP contribution in [0.15, 0.2) is 18.2 Å². The van der Waals surface area contributed by atoms with Crippen molar-refractivity contribution in [2.75, 3.05) is 18.5 Å². The second-order valence-electron chi connectivity index (χ2n) is 4.68. The SMILES string of the molecule is CC(CC=O)c1cccc2c1N(C)CCC2. The van der Waals surface area contributed by atoms with Crippen LogP contribution in [0.1, 0.15) is 36.8 Å². The van der Waals surface area contributed by atoms with E-state index in [-0.39, 0.29) is 0 Å². The molecule has 86 valence electrons. The minimum Gasteiger partial charge on any atom is -0.374 e. The first-order chi connectivity index (χ1) is 7.74. The van der Waals surface area contributed by atoms with E-state index in [1.165, 1.54) is 29.7 Å². The van der Waals surface area contributed by atoms with Crippen LogP contribution in [-0.2, 0) is 11.2 Å². The number of rotatable bonds is 3. The molecule has 1 aromatic carbocycles. The van der Waals surface area contributed by atoms with Gasteiger partial charge in [0.2, 0.25) is 0 Å². The van der Waals surface area contributed by atoms with E-state index in [1.54, 1.807) is 0 Å². The van der Waals surface area contributed by atoms with Gasteiger partial charge >= 0.3 is 0 Å². The van der Waals surface area contributed by atoms with Crippen LogP contribution in [0.2, 0.25) is 0 Å². The van der Waals surface area contributed by atoms with E-state index in [0.29, 0.717) is 12.3 Å². The van der Waals surface area contributed by atoms with E-state index in [9.17, 15) is 4.79 Å². The number of anilines is 1. The second kappa shape index (κ2) is 4.69. The van der Waals surface area contributed by atoms with Crippen molar-refractivity contribution in [3.63, 3.8) is 0 Å². The highest BCUT2D eigenvalue weighted by atomic mass is 16.1. The third-order valence-corrected chi connectivity index (χ3v) is 3.45. The molecule has 1 unspecified atom stereocenters. The summed E-state index contributed by atoms with van der Waals surface area (Å²) in [6, 6.07) is 6.49. The smallest absolute Gasteiger partial charge is 0.120 e. The van der Waals surface area contributed by atoms with Gasteiger partial charge in [-0.25, -0.2) is 0 Å². The molecule has 2 nitrogen and oxygen atoms in total. The van der Waals surface area contributed by atoms with Crippen LogP contribution < -0.4 is 4.90 Å². The van der Waals surface area contributed by atoms with E-state index in [2.05, 4.69) is 37.1 Å². The number of para-hydroxylation sites is 1. The Balaban J connectivity index is 2.41. The van der Waals surface area contributed by atoms with Crippen LogP contribution in [0.3, 0.4) is 0 Å². The maximum atomic E-state index is 10.6. The Morgan fingerprint density at radius 2 is 2.31 bits per heavy atom. The van der Waals surface area contributed by atoms with Gasteiger partial charge in [-0.3, -0.25) is 0 Å². The highest BCUT2D eigenvalue weighted by Crippen LogP contribution is 2.35. The van der Waals surface area contributed by atoms with Gasteiger partial charge in [0.15, 0.2) is 0 Å². The molecule has 0 spiro atoms. The van der Waals surface area contributed by atoms with Crippen LogP contribution in [0.25, 0.3) is 0 Å². The zero-order chi connectivity index (χ0) is 11.5. The molecule has 1 aliphatic heterocycles. The predicted octanol–water partition coefficient (Wildman–Crippen LogP) is 2.76. The second-order valence-corrected chi connectivity index (χ2v) is 4.68. The number of carbonyl (C=O) groups is 1. The molecule has 0 aromatic heterocycles. The molecule has 2 rings (SSSR count). The van der Waals surface area contributed by atoms with Crippen LogP contribution in [0.5, 0.6) is 0 Å². The zero-order valence-electron chi connectivity index (χ0n) is 10.1. The predicted molar refractivity (Wildman–Crippen MR) is 67.1 cm³/mol. The van der Waals surface area contributed by atoms with Gasteiger partial charge in [0.25, 0.3) is 0 Å². The summed E-state index contributed by atoms with van der Waals surface area (Å²) in [4.78, 5) is 13.0. The fraction of sp³-hybridized carbons (Fsp3) is 0.500. The largest absolute Gasteiger partial charge is 0.374 e. The highest BCUT2D eigenvalue weighted by Gasteiger charge is 2.19. The number of benzene rings is 1. The maximum Gasteiger partial charge on any atom is 0.120 e. The summed E-state index contributed by atoms with van der Waals surface area (Å²) in [7, 11) is 2.15. The molecule has 0 radical (unpaired) electrons. The van der Waals surface area contributed by atoms with E-state index in [4.69, 9.17) is 0 Å². The summed E-state index contributed by atoms with van der Waals surface area (Å²) in [5.41, 5.74) is 4.12. The molecule has 1 aromatic rings. The van der Waals surface area contributed by atoms with Crippen molar-refractivity contribution in [1.82, 2.24) is 0 Å². The summed E-state index contributed by atoms with van der Waals surface area (Å²) < 4.78 is 0. The monoisotopic (exact) mass is 217 g/mol. The number of nitrogens with zero attached hydrogens (tertiary/aromatic N) is 1. The molecule has 0 N–H and O–H groups in total. The Morgan fingerprint density at radius 3 is 3.06 bits per heavy atom. The number of hydrogen-bond acceptors (Lipinski definition) is 2. The van der Waals surface area contributed by atoms with Gasteiger partial charge in [-0.1, -0.05) is 25.1 Å². The minimum atomic E-state index is 0.327. The summed E-state index contributed by atoms with van der Waals surface area (Å²) in [5.74, 6) is 0.327. The summed E-state index contributed by atoms with van der Waals surface area (Å²) in [5, 5.41) is 0. The average Bonchev–Trinajstić information content (AvgIpc) is 2.29. The molecule has 0 saturated heterocycles. The number of carbonyl (C=O) groups excluding carboxylic acids is 1. The van der Waals surface area contributed by atoms with E-state index in [1.807, 2.05) is 0 Å². The summed E-state index contributed by atoms with van der Waals surface area (Å²) in [6.07, 6.45) is 4.04. The Kier molecular flexibility index (Phi) is 3.28. The number of fused-ring (bicyclic) bond motifs is 1. The average molecular weight is 217 g/mol. The van der Waals surface area contributed by atoms with Crippen molar-refractivity contribution in [2.45, 2.75) is 32.1 Å². The standard InChI is InChI=1S/C14H19NO/c1-11(8-10-16)13-7-3-5-12-6-4-9-15(2)14(12)13/h3,5,7,10-11H,4,6,8-9H2,1-2H3. The van der Waals surface area contributed by atoms with Crippen LogP contribution in [-0.4, -0.2) is 19.9 Å². The van der Waals surface area contributed by atoms with Crippen molar-refractivity contribution >= 4 is 12.0 Å². The summed E-state index contributed by atoms with van der Waals surface area (Å²) in [6.45, 7) is 3.25. The quantitative estimate of drug-likeness (QED) is 0.726. The third-order valence-electron chi connectivity index (χ3n) is 3.45. The van der Waals surface area contributed by atoms with Crippen LogP contribution in [0.4, 0.5) is 5.69 Å². The van der Waals surface area contributed by atoms with Crippen molar-refractivity contribution in [1.29, 1.82) is 0 Å². The first-order valence-electron chi connectivity index (χ1n) is 6.00. The molecule has 0 amide bonds. The molecule has 0 fully saturated rings. The molecule has 1 atom stereocenters. The first kappa shape index (κ1) is 11.2. The van der Waals surface area contributed by atoms with Crippen LogP contribution in [0, 0.1) is 0 Å². The highest BCUT2D eigenvalue weighted by molar-refractivity contribution is 5.63. The molecule has 0 aliphatic carbocycles.